The molecule has 1 saturated heterocycles. The van der Waals surface area contributed by atoms with Gasteiger partial charge in [-0.15, -0.1) is 11.3 Å². The maximum Gasteiger partial charge on any atom is 0.273 e. The first-order valence-corrected chi connectivity index (χ1v) is 11.9. The fourth-order valence-corrected chi connectivity index (χ4v) is 7.46. The van der Waals surface area contributed by atoms with E-state index in [2.05, 4.69) is 10.4 Å². The molecule has 3 aromatic rings. The van der Waals surface area contributed by atoms with Gasteiger partial charge < -0.3 is 4.90 Å². The maximum absolute atomic E-state index is 13.0. The number of carbonyl (C=O) groups is 1. The molecule has 2 aliphatic heterocycles. The van der Waals surface area contributed by atoms with Gasteiger partial charge in [0.1, 0.15) is 5.69 Å². The normalized spacial score (nSPS) is 22.6. The predicted octanol–water partition coefficient (Wildman–Crippen LogP) is 3.58. The molecule has 27 heavy (non-hydrogen) atoms. The van der Waals surface area contributed by atoms with E-state index in [1.807, 2.05) is 30.5 Å². The number of thiazole rings is 1. The summed E-state index contributed by atoms with van der Waals surface area (Å²) in [6, 6.07) is 7.62. The molecule has 4 heterocycles. The number of benzene rings is 1. The third-order valence-electron chi connectivity index (χ3n) is 5.36. The van der Waals surface area contributed by atoms with E-state index in [-0.39, 0.29) is 18.4 Å². The van der Waals surface area contributed by atoms with Crippen LogP contribution in [0.1, 0.15) is 27.0 Å². The Morgan fingerprint density at radius 2 is 2.04 bits per heavy atom. The van der Waals surface area contributed by atoms with Gasteiger partial charge in [-0.1, -0.05) is 6.07 Å². The first-order chi connectivity index (χ1) is 12.9. The summed E-state index contributed by atoms with van der Waals surface area (Å²) >= 11 is 3.04. The Morgan fingerprint density at radius 1 is 1.19 bits per heavy atom. The molecule has 0 spiro atoms. The lowest BCUT2D eigenvalue weighted by Crippen LogP contribution is -2.31. The number of thiophene rings is 1. The second kappa shape index (κ2) is 5.98. The van der Waals surface area contributed by atoms with E-state index in [9.17, 15) is 13.2 Å². The van der Waals surface area contributed by atoms with Gasteiger partial charge in [-0.2, -0.15) is 11.3 Å². The average molecular weight is 417 g/mol. The standard InChI is InChI=1S/C19H16N2O3S3/c1-11-20-16(10-26-11)19(22)21-7-15-14-6-12(13-4-5-25-9-13)2-3-17(14)27(23,24)18(15)8-21/h2-6,9-10,15,18H,7-8H2,1H3/t15-,18-/m0/s1. The number of hydrogen-bond donors (Lipinski definition) is 0. The summed E-state index contributed by atoms with van der Waals surface area (Å²) in [5.41, 5.74) is 3.36. The van der Waals surface area contributed by atoms with Crippen molar-refractivity contribution in [1.82, 2.24) is 9.88 Å². The highest BCUT2D eigenvalue weighted by Crippen LogP contribution is 2.46. The summed E-state index contributed by atoms with van der Waals surface area (Å²) < 4.78 is 26.0. The van der Waals surface area contributed by atoms with Crippen molar-refractivity contribution in [2.45, 2.75) is 23.0 Å². The minimum Gasteiger partial charge on any atom is -0.335 e. The van der Waals surface area contributed by atoms with E-state index in [0.29, 0.717) is 17.1 Å². The summed E-state index contributed by atoms with van der Waals surface area (Å²) in [5, 5.41) is 6.07. The largest absolute Gasteiger partial charge is 0.335 e. The maximum atomic E-state index is 13.0. The second-order valence-corrected chi connectivity index (χ2v) is 10.9. The van der Waals surface area contributed by atoms with Crippen LogP contribution in [0.2, 0.25) is 0 Å². The van der Waals surface area contributed by atoms with Gasteiger partial charge in [-0.3, -0.25) is 4.79 Å². The van der Waals surface area contributed by atoms with Crippen LogP contribution < -0.4 is 0 Å². The smallest absolute Gasteiger partial charge is 0.273 e. The molecular formula is C19H16N2O3S3. The van der Waals surface area contributed by atoms with Gasteiger partial charge in [0, 0.05) is 24.4 Å². The van der Waals surface area contributed by atoms with E-state index in [4.69, 9.17) is 0 Å². The van der Waals surface area contributed by atoms with Gasteiger partial charge in [0.15, 0.2) is 9.84 Å². The lowest BCUT2D eigenvalue weighted by atomic mass is 9.95. The molecule has 0 unspecified atom stereocenters. The van der Waals surface area contributed by atoms with Crippen molar-refractivity contribution in [3.63, 3.8) is 0 Å². The van der Waals surface area contributed by atoms with Crippen molar-refractivity contribution in [2.24, 2.45) is 0 Å². The zero-order chi connectivity index (χ0) is 18.8. The molecule has 2 aromatic heterocycles. The van der Waals surface area contributed by atoms with E-state index in [0.717, 1.165) is 21.7 Å². The van der Waals surface area contributed by atoms with Gasteiger partial charge in [-0.25, -0.2) is 13.4 Å². The number of aromatic nitrogens is 1. The van der Waals surface area contributed by atoms with Gasteiger partial charge in [0.05, 0.1) is 15.2 Å². The first-order valence-electron chi connectivity index (χ1n) is 8.57. The summed E-state index contributed by atoms with van der Waals surface area (Å²) in [6.45, 7) is 2.50. The average Bonchev–Trinajstić information content (AvgIpc) is 3.41. The molecular weight excluding hydrogens is 400 g/mol. The minimum atomic E-state index is -3.42. The van der Waals surface area contributed by atoms with Gasteiger partial charge >= 0.3 is 0 Å². The predicted molar refractivity (Wildman–Crippen MR) is 106 cm³/mol. The lowest BCUT2D eigenvalue weighted by Gasteiger charge is -2.16. The highest BCUT2D eigenvalue weighted by atomic mass is 32.2. The van der Waals surface area contributed by atoms with Crippen LogP contribution in [0.4, 0.5) is 0 Å². The first kappa shape index (κ1) is 17.1. The summed E-state index contributed by atoms with van der Waals surface area (Å²) in [6.07, 6.45) is 0. The number of amides is 1. The van der Waals surface area contributed by atoms with Crippen LogP contribution in [0.5, 0.6) is 0 Å². The Morgan fingerprint density at radius 3 is 2.74 bits per heavy atom. The highest BCUT2D eigenvalue weighted by molar-refractivity contribution is 7.92. The lowest BCUT2D eigenvalue weighted by molar-refractivity contribution is 0.0785. The fourth-order valence-electron chi connectivity index (χ4n) is 4.05. The van der Waals surface area contributed by atoms with Crippen LogP contribution in [0.3, 0.4) is 0 Å². The third kappa shape index (κ3) is 2.58. The van der Waals surface area contributed by atoms with Crippen molar-refractivity contribution < 1.29 is 13.2 Å². The monoisotopic (exact) mass is 416 g/mol. The molecule has 0 radical (unpaired) electrons. The number of nitrogens with zero attached hydrogens (tertiary/aromatic N) is 2. The Kier molecular flexibility index (Phi) is 3.79. The Balaban J connectivity index is 1.52. The number of carbonyl (C=O) groups excluding carboxylic acids is 1. The highest BCUT2D eigenvalue weighted by Gasteiger charge is 2.51. The Bertz CT molecular complexity index is 1150. The number of aryl methyl sites for hydroxylation is 1. The fraction of sp³-hybridized carbons (Fsp3) is 0.263. The van der Waals surface area contributed by atoms with Crippen molar-refractivity contribution in [2.75, 3.05) is 13.1 Å². The molecule has 0 aliphatic carbocycles. The molecule has 1 amide bonds. The molecule has 8 heteroatoms. The van der Waals surface area contributed by atoms with Crippen LogP contribution >= 0.6 is 22.7 Å². The molecule has 5 nitrogen and oxygen atoms in total. The molecule has 0 bridgehead atoms. The number of sulfone groups is 1. The van der Waals surface area contributed by atoms with E-state index in [1.54, 1.807) is 27.7 Å². The molecule has 1 fully saturated rings. The van der Waals surface area contributed by atoms with Crippen LogP contribution in [-0.2, 0) is 9.84 Å². The number of hydrogen-bond acceptors (Lipinski definition) is 6. The topological polar surface area (TPSA) is 67.3 Å². The molecule has 2 aliphatic rings. The van der Waals surface area contributed by atoms with Crippen LogP contribution in [0, 0.1) is 6.92 Å². The summed E-state index contributed by atoms with van der Waals surface area (Å²) in [4.78, 5) is 19.1. The zero-order valence-corrected chi connectivity index (χ0v) is 16.9. The zero-order valence-electron chi connectivity index (χ0n) is 14.5. The quantitative estimate of drug-likeness (QED) is 0.640. The van der Waals surface area contributed by atoms with Crippen molar-refractivity contribution in [3.8, 4) is 11.1 Å². The molecule has 2 atom stereocenters. The molecule has 0 saturated carbocycles. The summed E-state index contributed by atoms with van der Waals surface area (Å²) in [7, 11) is -3.42. The number of rotatable bonds is 2. The van der Waals surface area contributed by atoms with E-state index < -0.39 is 15.1 Å². The number of fused-ring (bicyclic) bond motifs is 3. The summed E-state index contributed by atoms with van der Waals surface area (Å²) in [5.74, 6) is -0.355. The second-order valence-electron chi connectivity index (χ2n) is 6.92. The van der Waals surface area contributed by atoms with Crippen LogP contribution in [-0.4, -0.2) is 42.5 Å². The van der Waals surface area contributed by atoms with E-state index >= 15 is 0 Å². The van der Waals surface area contributed by atoms with Gasteiger partial charge in [0.2, 0.25) is 0 Å². The van der Waals surface area contributed by atoms with Crippen molar-refractivity contribution in [1.29, 1.82) is 0 Å². The van der Waals surface area contributed by atoms with E-state index in [1.165, 1.54) is 11.3 Å². The third-order valence-corrected chi connectivity index (χ3v) is 9.08. The van der Waals surface area contributed by atoms with Crippen LogP contribution in [0.25, 0.3) is 11.1 Å². The van der Waals surface area contributed by atoms with Crippen LogP contribution in [0.15, 0.2) is 45.3 Å². The van der Waals surface area contributed by atoms with Crippen molar-refractivity contribution in [3.05, 3.63) is 56.7 Å². The molecule has 138 valence electrons. The molecule has 0 N–H and O–H groups in total. The Labute approximate surface area is 165 Å². The number of likely N-dealkylation sites (tertiary alicyclic amines) is 1. The van der Waals surface area contributed by atoms with Gasteiger partial charge in [-0.05, 0) is 52.6 Å². The molecule has 1 aromatic carbocycles. The van der Waals surface area contributed by atoms with Gasteiger partial charge in [0.25, 0.3) is 5.91 Å². The van der Waals surface area contributed by atoms with Crippen molar-refractivity contribution >= 4 is 38.4 Å². The SMILES string of the molecule is Cc1nc(C(=O)N2C[C@H]3c4cc(-c5ccsc5)ccc4S(=O)(=O)[C@H]3C2)cs1. The molecule has 5 rings (SSSR count). The minimum absolute atomic E-state index is 0.174. The Hall–Kier alpha value is -2.03.